The van der Waals surface area contributed by atoms with Crippen LogP contribution in [-0.4, -0.2) is 17.1 Å². The highest BCUT2D eigenvalue weighted by molar-refractivity contribution is 5.93. The fourth-order valence-electron chi connectivity index (χ4n) is 2.35. The summed E-state index contributed by atoms with van der Waals surface area (Å²) in [6.45, 7) is 6.11. The Hall–Kier alpha value is -2.68. The molecule has 3 aromatic rings. The third-order valence-electron chi connectivity index (χ3n) is 3.44. The highest BCUT2D eigenvalue weighted by atomic mass is 16.5. The summed E-state index contributed by atoms with van der Waals surface area (Å²) in [5.74, 6) is 1.58. The van der Waals surface area contributed by atoms with Gasteiger partial charge in [0.25, 0.3) is 0 Å². The summed E-state index contributed by atoms with van der Waals surface area (Å²) < 4.78 is 5.19. The van der Waals surface area contributed by atoms with Gasteiger partial charge in [-0.2, -0.15) is 0 Å². The van der Waals surface area contributed by atoms with E-state index in [2.05, 4.69) is 16.5 Å². The number of hydrogen-bond donors (Lipinski definition) is 0. The Morgan fingerprint density at radius 1 is 1.00 bits per heavy atom. The Labute approximate surface area is 123 Å². The molecule has 104 valence electrons. The van der Waals surface area contributed by atoms with E-state index in [0.29, 0.717) is 0 Å². The first kappa shape index (κ1) is 13.3. The lowest BCUT2D eigenvalue weighted by Crippen LogP contribution is -1.98. The molecular formula is C18H16N2O. The van der Waals surface area contributed by atoms with Gasteiger partial charge in [-0.15, -0.1) is 0 Å². The highest BCUT2D eigenvalue weighted by Gasteiger charge is 2.10. The van der Waals surface area contributed by atoms with Crippen molar-refractivity contribution in [1.82, 2.24) is 9.97 Å². The predicted octanol–water partition coefficient (Wildman–Crippen LogP) is 4.01. The molecule has 21 heavy (non-hydrogen) atoms. The van der Waals surface area contributed by atoms with E-state index in [0.717, 1.165) is 39.3 Å². The lowest BCUT2D eigenvalue weighted by atomic mass is 10.0. The molecule has 0 aliphatic rings. The van der Waals surface area contributed by atoms with Crippen LogP contribution in [-0.2, 0) is 0 Å². The third-order valence-corrected chi connectivity index (χ3v) is 3.44. The number of rotatable bonds is 3. The van der Waals surface area contributed by atoms with Crippen LogP contribution in [0.25, 0.3) is 16.5 Å². The largest absolute Gasteiger partial charge is 0.497 e. The summed E-state index contributed by atoms with van der Waals surface area (Å²) in [6.07, 6.45) is 0. The minimum atomic E-state index is 0.748. The van der Waals surface area contributed by atoms with E-state index in [4.69, 9.17) is 4.74 Å². The number of fused-ring (bicyclic) bond motifs is 1. The molecule has 0 saturated carbocycles. The molecule has 3 nitrogen and oxygen atoms in total. The number of para-hydroxylation sites is 1. The van der Waals surface area contributed by atoms with Crippen LogP contribution in [0.2, 0.25) is 0 Å². The van der Waals surface area contributed by atoms with Crippen LogP contribution in [0.1, 0.15) is 17.1 Å². The first-order chi connectivity index (χ1) is 10.2. The topological polar surface area (TPSA) is 35.0 Å². The first-order valence-electron chi connectivity index (χ1n) is 6.76. The molecule has 0 amide bonds. The Morgan fingerprint density at radius 2 is 1.71 bits per heavy atom. The minimum Gasteiger partial charge on any atom is -0.497 e. The molecule has 0 atom stereocenters. The van der Waals surface area contributed by atoms with E-state index < -0.39 is 0 Å². The van der Waals surface area contributed by atoms with Gasteiger partial charge in [0.2, 0.25) is 0 Å². The zero-order chi connectivity index (χ0) is 14.8. The molecule has 2 aromatic carbocycles. The van der Waals surface area contributed by atoms with Crippen molar-refractivity contribution in [2.24, 2.45) is 0 Å². The van der Waals surface area contributed by atoms with Gasteiger partial charge < -0.3 is 4.74 Å². The summed E-state index contributed by atoms with van der Waals surface area (Å²) in [4.78, 5) is 9.05. The van der Waals surface area contributed by atoms with E-state index in [-0.39, 0.29) is 0 Å². The molecule has 0 fully saturated rings. The maximum Gasteiger partial charge on any atom is 0.126 e. The normalized spacial score (nSPS) is 10.6. The van der Waals surface area contributed by atoms with Crippen LogP contribution in [0.5, 0.6) is 5.75 Å². The predicted molar refractivity (Wildman–Crippen MR) is 85.4 cm³/mol. The number of benzene rings is 2. The number of hydrogen-bond acceptors (Lipinski definition) is 3. The number of nitrogens with zero attached hydrogens (tertiary/aromatic N) is 2. The number of aromatic nitrogens is 2. The molecule has 1 heterocycles. The van der Waals surface area contributed by atoms with E-state index in [1.54, 1.807) is 7.11 Å². The zero-order valence-electron chi connectivity index (χ0n) is 12.1. The Balaban J connectivity index is 2.12. The van der Waals surface area contributed by atoms with Crippen molar-refractivity contribution in [1.29, 1.82) is 0 Å². The molecule has 0 saturated heterocycles. The third kappa shape index (κ3) is 2.50. The number of methoxy groups -OCH3 is 1. The van der Waals surface area contributed by atoms with Gasteiger partial charge in [-0.1, -0.05) is 36.9 Å². The summed E-state index contributed by atoms with van der Waals surface area (Å²) in [5, 5.41) is 1.02. The second-order valence-electron chi connectivity index (χ2n) is 4.84. The van der Waals surface area contributed by atoms with Gasteiger partial charge in [-0.3, -0.25) is 0 Å². The lowest BCUT2D eigenvalue weighted by Gasteiger charge is -2.10. The van der Waals surface area contributed by atoms with E-state index >= 15 is 0 Å². The number of ether oxygens (including phenoxy) is 1. The van der Waals surface area contributed by atoms with Gasteiger partial charge in [-0.25, -0.2) is 9.97 Å². The summed E-state index contributed by atoms with van der Waals surface area (Å²) in [6, 6.07) is 15.8. The molecule has 3 rings (SSSR count). The van der Waals surface area contributed by atoms with E-state index in [9.17, 15) is 0 Å². The summed E-state index contributed by atoms with van der Waals surface area (Å²) in [7, 11) is 1.66. The average molecular weight is 276 g/mol. The van der Waals surface area contributed by atoms with Crippen molar-refractivity contribution in [3.05, 3.63) is 72.2 Å². The van der Waals surface area contributed by atoms with Crippen molar-refractivity contribution in [2.45, 2.75) is 6.92 Å². The van der Waals surface area contributed by atoms with Crippen molar-refractivity contribution in [3.63, 3.8) is 0 Å². The average Bonchev–Trinajstić information content (AvgIpc) is 2.53. The lowest BCUT2D eigenvalue weighted by molar-refractivity contribution is 0.415. The maximum atomic E-state index is 5.19. The standard InChI is InChI=1S/C18H16N2O/c1-12(14-8-10-15(21-3)11-9-14)18-16-6-4-5-7-17(16)19-13(2)20-18/h4-11H,1H2,2-3H3. The van der Waals surface area contributed by atoms with Gasteiger partial charge in [0.05, 0.1) is 18.3 Å². The quantitative estimate of drug-likeness (QED) is 0.725. The van der Waals surface area contributed by atoms with Gasteiger partial charge in [0, 0.05) is 11.0 Å². The van der Waals surface area contributed by atoms with Gasteiger partial charge in [-0.05, 0) is 30.7 Å². The first-order valence-corrected chi connectivity index (χ1v) is 6.76. The van der Waals surface area contributed by atoms with Crippen molar-refractivity contribution < 1.29 is 4.74 Å². The monoisotopic (exact) mass is 276 g/mol. The second kappa shape index (κ2) is 5.37. The van der Waals surface area contributed by atoms with Crippen LogP contribution in [0, 0.1) is 6.92 Å². The van der Waals surface area contributed by atoms with Gasteiger partial charge >= 0.3 is 0 Å². The van der Waals surface area contributed by atoms with Crippen LogP contribution < -0.4 is 4.74 Å². The number of aryl methyl sites for hydroxylation is 1. The fourth-order valence-corrected chi connectivity index (χ4v) is 2.35. The Bertz CT molecular complexity index is 807. The Morgan fingerprint density at radius 3 is 2.43 bits per heavy atom. The van der Waals surface area contributed by atoms with Crippen LogP contribution >= 0.6 is 0 Å². The van der Waals surface area contributed by atoms with Crippen LogP contribution in [0.4, 0.5) is 0 Å². The molecule has 0 radical (unpaired) electrons. The van der Waals surface area contributed by atoms with Crippen molar-refractivity contribution in [3.8, 4) is 5.75 Å². The van der Waals surface area contributed by atoms with Crippen molar-refractivity contribution in [2.75, 3.05) is 7.11 Å². The van der Waals surface area contributed by atoms with Crippen LogP contribution in [0.15, 0.2) is 55.1 Å². The summed E-state index contributed by atoms with van der Waals surface area (Å²) in [5.41, 5.74) is 3.73. The fraction of sp³-hybridized carbons (Fsp3) is 0.111. The van der Waals surface area contributed by atoms with Crippen LogP contribution in [0.3, 0.4) is 0 Å². The second-order valence-corrected chi connectivity index (χ2v) is 4.84. The molecule has 0 aliphatic heterocycles. The molecule has 0 spiro atoms. The molecule has 0 aliphatic carbocycles. The molecular weight excluding hydrogens is 260 g/mol. The molecule has 0 N–H and O–H groups in total. The molecule has 0 unspecified atom stereocenters. The highest BCUT2D eigenvalue weighted by Crippen LogP contribution is 2.27. The van der Waals surface area contributed by atoms with Gasteiger partial charge in [0.15, 0.2) is 0 Å². The molecule has 3 heteroatoms. The smallest absolute Gasteiger partial charge is 0.126 e. The summed E-state index contributed by atoms with van der Waals surface area (Å²) >= 11 is 0. The van der Waals surface area contributed by atoms with E-state index in [1.165, 1.54) is 0 Å². The SMILES string of the molecule is C=C(c1ccc(OC)cc1)c1nc(C)nc2ccccc12. The van der Waals surface area contributed by atoms with Crippen molar-refractivity contribution >= 4 is 16.5 Å². The molecule has 0 bridgehead atoms. The minimum absolute atomic E-state index is 0.748. The van der Waals surface area contributed by atoms with E-state index in [1.807, 2.05) is 55.5 Å². The zero-order valence-corrected chi connectivity index (χ0v) is 12.1. The Kier molecular flexibility index (Phi) is 3.40. The van der Waals surface area contributed by atoms with Gasteiger partial charge in [0.1, 0.15) is 11.6 Å². The molecule has 1 aromatic heterocycles. The maximum absolute atomic E-state index is 5.19.